The second-order valence-corrected chi connectivity index (χ2v) is 6.48. The lowest BCUT2D eigenvalue weighted by atomic mass is 10.2. The van der Waals surface area contributed by atoms with E-state index in [-0.39, 0.29) is 5.56 Å². The molecule has 0 amide bonds. The molecule has 5 nitrogen and oxygen atoms in total. The Labute approximate surface area is 146 Å². The van der Waals surface area contributed by atoms with Gasteiger partial charge >= 0.3 is 0 Å². The molecule has 0 aromatic carbocycles. The van der Waals surface area contributed by atoms with E-state index in [0.717, 1.165) is 42.1 Å². The lowest BCUT2D eigenvalue weighted by Gasteiger charge is -2.15. The highest BCUT2D eigenvalue weighted by Crippen LogP contribution is 2.26. The molecule has 1 fully saturated rings. The summed E-state index contributed by atoms with van der Waals surface area (Å²) in [5.41, 5.74) is 3.82. The number of aromatic nitrogens is 3. The topological polar surface area (TPSA) is 42.5 Å². The molecular formula is C20H22N4O. The number of hydrogen-bond acceptors (Lipinski definition) is 3. The van der Waals surface area contributed by atoms with Gasteiger partial charge in [-0.3, -0.25) is 4.79 Å². The normalized spacial score (nSPS) is 15.0. The van der Waals surface area contributed by atoms with Gasteiger partial charge in [0.1, 0.15) is 5.69 Å². The highest BCUT2D eigenvalue weighted by atomic mass is 16.1. The van der Waals surface area contributed by atoms with Crippen molar-refractivity contribution in [3.8, 4) is 11.4 Å². The van der Waals surface area contributed by atoms with Crippen molar-refractivity contribution in [2.45, 2.75) is 19.4 Å². The van der Waals surface area contributed by atoms with Gasteiger partial charge in [-0.2, -0.15) is 5.10 Å². The molecule has 0 unspecified atom stereocenters. The Morgan fingerprint density at radius 1 is 1.12 bits per heavy atom. The minimum atomic E-state index is -0.0519. The maximum absolute atomic E-state index is 12.2. The average molecular weight is 334 g/mol. The van der Waals surface area contributed by atoms with Crippen molar-refractivity contribution >= 4 is 11.6 Å². The maximum atomic E-state index is 12.2. The first-order valence-corrected chi connectivity index (χ1v) is 8.80. The van der Waals surface area contributed by atoms with Crippen LogP contribution in [0.1, 0.15) is 18.4 Å². The minimum absolute atomic E-state index is 0.0519. The van der Waals surface area contributed by atoms with Crippen molar-refractivity contribution in [2.24, 2.45) is 0 Å². The van der Waals surface area contributed by atoms with Crippen molar-refractivity contribution in [2.75, 3.05) is 19.6 Å². The molecule has 3 aromatic rings. The zero-order valence-electron chi connectivity index (χ0n) is 14.3. The first-order chi connectivity index (χ1) is 12.3. The molecule has 0 radical (unpaired) electrons. The fourth-order valence-corrected chi connectivity index (χ4v) is 3.55. The van der Waals surface area contributed by atoms with E-state index in [1.54, 1.807) is 16.8 Å². The molecule has 0 bridgehead atoms. The molecule has 0 aliphatic carbocycles. The molecule has 0 atom stereocenters. The molecule has 4 heterocycles. The molecular weight excluding hydrogens is 312 g/mol. The summed E-state index contributed by atoms with van der Waals surface area (Å²) in [5, 5.41) is 4.64. The third-order valence-corrected chi connectivity index (χ3v) is 4.86. The predicted molar refractivity (Wildman–Crippen MR) is 101 cm³/mol. The van der Waals surface area contributed by atoms with Gasteiger partial charge in [0.25, 0.3) is 5.56 Å². The zero-order chi connectivity index (χ0) is 17.2. The molecule has 25 heavy (non-hydrogen) atoms. The standard InChI is InChI=1S/C20H22N4O/c1-2-16-15-17-7-3-4-12-23(17)20(16)18-8-9-19(25)24(21-18)14-13-22-10-5-6-11-22/h2-4,7-9,12,15H,1,5-6,10-11,13-14H2. The summed E-state index contributed by atoms with van der Waals surface area (Å²) in [7, 11) is 0. The van der Waals surface area contributed by atoms with Crippen LogP contribution in [0, 0.1) is 0 Å². The minimum Gasteiger partial charge on any atom is -0.315 e. The molecule has 0 saturated carbocycles. The number of rotatable bonds is 5. The van der Waals surface area contributed by atoms with Gasteiger partial charge in [0, 0.05) is 29.9 Å². The monoisotopic (exact) mass is 334 g/mol. The number of hydrogen-bond donors (Lipinski definition) is 0. The number of nitrogens with zero attached hydrogens (tertiary/aromatic N) is 4. The molecule has 1 aliphatic heterocycles. The van der Waals surface area contributed by atoms with E-state index in [1.807, 2.05) is 24.4 Å². The van der Waals surface area contributed by atoms with E-state index in [2.05, 4.69) is 33.1 Å². The molecule has 1 aliphatic rings. The van der Waals surface area contributed by atoms with Crippen molar-refractivity contribution < 1.29 is 0 Å². The summed E-state index contributed by atoms with van der Waals surface area (Å²) < 4.78 is 3.68. The fraction of sp³-hybridized carbons (Fsp3) is 0.300. The Morgan fingerprint density at radius 3 is 2.76 bits per heavy atom. The summed E-state index contributed by atoms with van der Waals surface area (Å²) in [6.45, 7) is 7.67. The second-order valence-electron chi connectivity index (χ2n) is 6.48. The number of fused-ring (bicyclic) bond motifs is 1. The average Bonchev–Trinajstić information content (AvgIpc) is 3.28. The molecule has 0 spiro atoms. The molecule has 0 N–H and O–H groups in total. The van der Waals surface area contributed by atoms with Crippen LogP contribution in [0.5, 0.6) is 0 Å². The van der Waals surface area contributed by atoms with Gasteiger partial charge < -0.3 is 9.30 Å². The van der Waals surface area contributed by atoms with Gasteiger partial charge in [0.05, 0.1) is 12.2 Å². The van der Waals surface area contributed by atoms with Crippen LogP contribution in [0.25, 0.3) is 23.0 Å². The lowest BCUT2D eigenvalue weighted by molar-refractivity contribution is 0.312. The van der Waals surface area contributed by atoms with Crippen LogP contribution >= 0.6 is 0 Å². The summed E-state index contributed by atoms with van der Waals surface area (Å²) >= 11 is 0. The van der Waals surface area contributed by atoms with Gasteiger partial charge in [-0.25, -0.2) is 4.68 Å². The Morgan fingerprint density at radius 2 is 1.96 bits per heavy atom. The third kappa shape index (κ3) is 3.03. The van der Waals surface area contributed by atoms with Crippen molar-refractivity contribution in [1.82, 2.24) is 19.1 Å². The van der Waals surface area contributed by atoms with Crippen LogP contribution in [0.4, 0.5) is 0 Å². The van der Waals surface area contributed by atoms with Crippen LogP contribution in [0.2, 0.25) is 0 Å². The van der Waals surface area contributed by atoms with Crippen molar-refractivity contribution in [1.29, 1.82) is 0 Å². The van der Waals surface area contributed by atoms with E-state index in [4.69, 9.17) is 0 Å². The van der Waals surface area contributed by atoms with Gasteiger partial charge in [-0.15, -0.1) is 0 Å². The number of likely N-dealkylation sites (tertiary alicyclic amines) is 1. The summed E-state index contributed by atoms with van der Waals surface area (Å²) in [4.78, 5) is 14.6. The molecule has 3 aromatic heterocycles. The van der Waals surface area contributed by atoms with Gasteiger partial charge in [0.15, 0.2) is 0 Å². The van der Waals surface area contributed by atoms with Gasteiger partial charge in [0.2, 0.25) is 0 Å². The summed E-state index contributed by atoms with van der Waals surface area (Å²) in [6, 6.07) is 11.6. The summed E-state index contributed by atoms with van der Waals surface area (Å²) in [6.07, 6.45) is 6.35. The van der Waals surface area contributed by atoms with Crippen molar-refractivity contribution in [3.05, 3.63) is 65.1 Å². The Bertz CT molecular complexity index is 963. The van der Waals surface area contributed by atoms with Crippen LogP contribution in [-0.4, -0.2) is 38.7 Å². The van der Waals surface area contributed by atoms with E-state index < -0.39 is 0 Å². The van der Waals surface area contributed by atoms with Crippen molar-refractivity contribution in [3.63, 3.8) is 0 Å². The third-order valence-electron chi connectivity index (χ3n) is 4.86. The first kappa shape index (κ1) is 15.8. The maximum Gasteiger partial charge on any atom is 0.266 e. The molecule has 5 heteroatoms. The van der Waals surface area contributed by atoms with E-state index in [0.29, 0.717) is 6.54 Å². The Kier molecular flexibility index (Phi) is 4.24. The van der Waals surface area contributed by atoms with Crippen LogP contribution in [-0.2, 0) is 6.54 Å². The van der Waals surface area contributed by atoms with Crippen LogP contribution in [0.3, 0.4) is 0 Å². The lowest BCUT2D eigenvalue weighted by Crippen LogP contribution is -2.30. The van der Waals surface area contributed by atoms with Gasteiger partial charge in [-0.05, 0) is 50.2 Å². The van der Waals surface area contributed by atoms with E-state index in [9.17, 15) is 4.79 Å². The molecule has 128 valence electrons. The fourth-order valence-electron chi connectivity index (χ4n) is 3.55. The van der Waals surface area contributed by atoms with Crippen LogP contribution < -0.4 is 5.56 Å². The van der Waals surface area contributed by atoms with E-state index >= 15 is 0 Å². The second kappa shape index (κ2) is 6.69. The zero-order valence-corrected chi connectivity index (χ0v) is 14.3. The van der Waals surface area contributed by atoms with Gasteiger partial charge in [-0.1, -0.05) is 18.7 Å². The quantitative estimate of drug-likeness (QED) is 0.720. The highest BCUT2D eigenvalue weighted by molar-refractivity contribution is 5.76. The molecule has 4 rings (SSSR count). The Hall–Kier alpha value is -2.66. The smallest absolute Gasteiger partial charge is 0.266 e. The van der Waals surface area contributed by atoms with E-state index in [1.165, 1.54) is 12.8 Å². The SMILES string of the molecule is C=Cc1cc2ccccn2c1-c1ccc(=O)n(CCN2CCCC2)n1. The highest BCUT2D eigenvalue weighted by Gasteiger charge is 2.14. The Balaban J connectivity index is 1.72. The summed E-state index contributed by atoms with van der Waals surface area (Å²) in [5.74, 6) is 0. The largest absolute Gasteiger partial charge is 0.315 e. The predicted octanol–water partition coefficient (Wildman–Crippen LogP) is 2.90. The van der Waals surface area contributed by atoms with Crippen LogP contribution in [0.15, 0.2) is 54.0 Å². The number of pyridine rings is 1. The first-order valence-electron chi connectivity index (χ1n) is 8.80. The molecule has 1 saturated heterocycles.